The molecule has 2 N–H and O–H groups in total. The maximum Gasteiger partial charge on any atom is 0.244 e. The van der Waals surface area contributed by atoms with Crippen LogP contribution >= 0.6 is 0 Å². The molecule has 0 saturated heterocycles. The van der Waals surface area contributed by atoms with Gasteiger partial charge in [0.25, 0.3) is 0 Å². The van der Waals surface area contributed by atoms with Crippen molar-refractivity contribution in [2.75, 3.05) is 23.9 Å². The van der Waals surface area contributed by atoms with E-state index < -0.39 is 17.0 Å². The fraction of sp³-hybridized carbons (Fsp3) is 0.333. The van der Waals surface area contributed by atoms with Gasteiger partial charge >= 0.3 is 0 Å². The van der Waals surface area contributed by atoms with Gasteiger partial charge in [0, 0.05) is 12.4 Å². The summed E-state index contributed by atoms with van der Waals surface area (Å²) in [5.74, 6) is 0.223. The van der Waals surface area contributed by atoms with Crippen molar-refractivity contribution in [1.29, 1.82) is 0 Å². The number of hydrogen-bond acceptors (Lipinski definition) is 12. The van der Waals surface area contributed by atoms with Crippen molar-refractivity contribution >= 4 is 35.0 Å². The predicted molar refractivity (Wildman–Crippen MR) is 132 cm³/mol. The number of rotatable bonds is 4. The van der Waals surface area contributed by atoms with Crippen molar-refractivity contribution in [2.24, 2.45) is 9.98 Å². The number of Topliss-reactive ketones (excluding diaryl/α,β-unsaturated/α-hetero) is 2. The van der Waals surface area contributed by atoms with E-state index in [0.717, 1.165) is 6.20 Å². The fourth-order valence-electron chi connectivity index (χ4n) is 3.67. The maximum absolute atomic E-state index is 14.7. The zero-order chi connectivity index (χ0) is 26.4. The number of carbonyl (C=O) groups is 2. The Balaban J connectivity index is 1.36. The highest BCUT2D eigenvalue weighted by molar-refractivity contribution is 6.04. The lowest BCUT2D eigenvalue weighted by Crippen LogP contribution is -2.39. The molecule has 0 unspecified atom stereocenters. The molecule has 0 aromatic carbocycles. The summed E-state index contributed by atoms with van der Waals surface area (Å²) < 4.78 is 26.5. The number of allylic oxidation sites excluding steroid dienone is 4. The van der Waals surface area contributed by atoms with Crippen molar-refractivity contribution in [2.45, 2.75) is 38.9 Å². The number of fused-ring (bicyclic) bond motifs is 2. The number of halogens is 1. The van der Waals surface area contributed by atoms with Crippen LogP contribution in [0.25, 0.3) is 0 Å². The van der Waals surface area contributed by atoms with Crippen molar-refractivity contribution < 1.29 is 23.5 Å². The van der Waals surface area contributed by atoms with Crippen LogP contribution in [0.1, 0.15) is 27.7 Å². The second-order valence-corrected chi connectivity index (χ2v) is 9.45. The summed E-state index contributed by atoms with van der Waals surface area (Å²) in [7, 11) is 0. The molecule has 5 heterocycles. The number of ketones is 2. The first-order valence-electron chi connectivity index (χ1n) is 11.5. The molecule has 0 aliphatic carbocycles. The summed E-state index contributed by atoms with van der Waals surface area (Å²) in [6.45, 7) is 6.55. The Bertz CT molecular complexity index is 1360. The van der Waals surface area contributed by atoms with Gasteiger partial charge in [0.1, 0.15) is 13.1 Å². The number of anilines is 2. The van der Waals surface area contributed by atoms with Gasteiger partial charge in [0.05, 0.1) is 6.20 Å². The topological polar surface area (TPSA) is 134 Å². The molecular formula is C24H25FN8O4. The first kappa shape index (κ1) is 24.2. The highest BCUT2D eigenvalue weighted by atomic mass is 19.1. The van der Waals surface area contributed by atoms with Crippen LogP contribution in [0, 0.1) is 5.82 Å². The highest BCUT2D eigenvalue weighted by Gasteiger charge is 2.37. The minimum absolute atomic E-state index is 0.0412. The van der Waals surface area contributed by atoms with Crippen molar-refractivity contribution in [1.82, 2.24) is 20.0 Å². The first-order valence-corrected chi connectivity index (χ1v) is 11.5. The fourth-order valence-corrected chi connectivity index (χ4v) is 3.67. The van der Waals surface area contributed by atoms with E-state index in [-0.39, 0.29) is 36.4 Å². The Hall–Kier alpha value is -4.55. The molecule has 0 fully saturated rings. The standard InChI is InChI=1S/C24H25FN8O4/c1-23(2)17(34)12-26-20-15(36-23)7-5-9-32(20)30-19-14(25)11-28-22(29-19)31-33-10-6-8-16-21(33)27-13-18(35)24(3,4)37-16/h5-11H,12-13H2,1-4H3,(H2,28,29,30,31). The van der Waals surface area contributed by atoms with Crippen LogP contribution in [0.4, 0.5) is 16.2 Å². The molecule has 0 saturated carbocycles. The Kier molecular flexibility index (Phi) is 5.77. The van der Waals surface area contributed by atoms with E-state index in [9.17, 15) is 14.0 Å². The number of carbonyl (C=O) groups excluding carboxylic acids is 2. The van der Waals surface area contributed by atoms with Gasteiger partial charge in [-0.05, 0) is 52.0 Å². The predicted octanol–water partition coefficient (Wildman–Crippen LogP) is 2.25. The summed E-state index contributed by atoms with van der Waals surface area (Å²) in [5.41, 5.74) is 3.71. The van der Waals surface area contributed by atoms with Gasteiger partial charge < -0.3 is 9.47 Å². The van der Waals surface area contributed by atoms with E-state index in [0.29, 0.717) is 23.2 Å². The Morgan fingerprint density at radius 2 is 1.38 bits per heavy atom. The molecule has 0 amide bonds. The van der Waals surface area contributed by atoms with Crippen LogP contribution in [-0.2, 0) is 19.1 Å². The molecular weight excluding hydrogens is 483 g/mol. The largest absolute Gasteiger partial charge is 0.476 e. The summed E-state index contributed by atoms with van der Waals surface area (Å²) in [6.07, 6.45) is 11.0. The van der Waals surface area contributed by atoms with Gasteiger partial charge in [-0.1, -0.05) is 0 Å². The minimum Gasteiger partial charge on any atom is -0.476 e. The van der Waals surface area contributed by atoms with Gasteiger partial charge in [0.15, 0.2) is 57.6 Å². The lowest BCUT2D eigenvalue weighted by atomic mass is 10.0. The van der Waals surface area contributed by atoms with Crippen LogP contribution in [0.15, 0.2) is 64.4 Å². The molecule has 5 rings (SSSR count). The number of aliphatic imine (C=N–C) groups is 2. The number of nitrogens with zero attached hydrogens (tertiary/aromatic N) is 6. The van der Waals surface area contributed by atoms with Crippen molar-refractivity contribution in [3.05, 3.63) is 60.2 Å². The van der Waals surface area contributed by atoms with Crippen LogP contribution in [0.3, 0.4) is 0 Å². The van der Waals surface area contributed by atoms with Crippen molar-refractivity contribution in [3.63, 3.8) is 0 Å². The summed E-state index contributed by atoms with van der Waals surface area (Å²) in [4.78, 5) is 41.7. The summed E-state index contributed by atoms with van der Waals surface area (Å²) >= 11 is 0. The van der Waals surface area contributed by atoms with Crippen LogP contribution in [-0.4, -0.2) is 67.5 Å². The van der Waals surface area contributed by atoms with E-state index in [4.69, 9.17) is 9.47 Å². The van der Waals surface area contributed by atoms with Gasteiger partial charge in [-0.25, -0.2) is 19.4 Å². The number of ether oxygens (including phenoxy) is 2. The van der Waals surface area contributed by atoms with Gasteiger partial charge in [0.2, 0.25) is 5.95 Å². The molecule has 12 nitrogen and oxygen atoms in total. The monoisotopic (exact) mass is 508 g/mol. The lowest BCUT2D eigenvalue weighted by Gasteiger charge is -2.30. The molecule has 0 bridgehead atoms. The second kappa shape index (κ2) is 8.84. The SMILES string of the molecule is CC1(C)OC2=CC=CN(Nc3ncc(F)c(NN4C=CC=C5OC(C)(C)C(=O)CN=C54)n3)C2=NCC1=O. The van der Waals surface area contributed by atoms with Crippen LogP contribution < -0.4 is 10.9 Å². The Morgan fingerprint density at radius 3 is 1.92 bits per heavy atom. The zero-order valence-corrected chi connectivity index (χ0v) is 20.6. The number of amidine groups is 2. The Morgan fingerprint density at radius 1 is 0.865 bits per heavy atom. The van der Waals surface area contributed by atoms with E-state index in [2.05, 4.69) is 30.8 Å². The van der Waals surface area contributed by atoms with Gasteiger partial charge in [-0.2, -0.15) is 4.98 Å². The molecule has 4 aliphatic heterocycles. The molecule has 0 spiro atoms. The molecule has 37 heavy (non-hydrogen) atoms. The van der Waals surface area contributed by atoms with E-state index in [1.54, 1.807) is 64.4 Å². The molecule has 4 aliphatic rings. The highest BCUT2D eigenvalue weighted by Crippen LogP contribution is 2.27. The number of hydrazine groups is 2. The molecule has 1 aromatic heterocycles. The molecule has 1 aromatic rings. The van der Waals surface area contributed by atoms with Crippen molar-refractivity contribution in [3.8, 4) is 0 Å². The summed E-state index contributed by atoms with van der Waals surface area (Å²) in [6, 6.07) is 0. The third-order valence-corrected chi connectivity index (χ3v) is 5.87. The van der Waals surface area contributed by atoms with Gasteiger partial charge in [-0.15, -0.1) is 0 Å². The average Bonchev–Trinajstić information content (AvgIpc) is 3.03. The van der Waals surface area contributed by atoms with E-state index in [1.165, 1.54) is 10.0 Å². The molecule has 192 valence electrons. The molecule has 0 atom stereocenters. The Labute approximate surface area is 211 Å². The third kappa shape index (κ3) is 4.67. The number of hydrogen-bond donors (Lipinski definition) is 2. The van der Waals surface area contributed by atoms with E-state index in [1.807, 2.05) is 0 Å². The summed E-state index contributed by atoms with van der Waals surface area (Å²) in [5, 5.41) is 2.90. The third-order valence-electron chi connectivity index (χ3n) is 5.87. The molecule has 0 radical (unpaired) electrons. The van der Waals surface area contributed by atoms with E-state index >= 15 is 0 Å². The van der Waals surface area contributed by atoms with Crippen LogP contribution in [0.2, 0.25) is 0 Å². The first-order chi connectivity index (χ1) is 17.5. The molecule has 13 heteroatoms. The van der Waals surface area contributed by atoms with Crippen LogP contribution in [0.5, 0.6) is 0 Å². The smallest absolute Gasteiger partial charge is 0.244 e. The number of nitrogens with one attached hydrogen (secondary N) is 2. The van der Waals surface area contributed by atoms with Gasteiger partial charge in [-0.3, -0.25) is 30.4 Å². The lowest BCUT2D eigenvalue weighted by molar-refractivity contribution is -0.133. The average molecular weight is 509 g/mol. The normalized spacial score (nSPS) is 21.6. The second-order valence-electron chi connectivity index (χ2n) is 9.45. The zero-order valence-electron chi connectivity index (χ0n) is 20.6. The minimum atomic E-state index is -1.05. The number of aromatic nitrogens is 2. The quantitative estimate of drug-likeness (QED) is 0.624. The maximum atomic E-state index is 14.7.